The summed E-state index contributed by atoms with van der Waals surface area (Å²) in [4.78, 5) is 0. The van der Waals surface area contributed by atoms with E-state index in [1.807, 2.05) is 0 Å². The lowest BCUT2D eigenvalue weighted by Crippen LogP contribution is -2.50. The van der Waals surface area contributed by atoms with Crippen molar-refractivity contribution in [2.24, 2.45) is 0 Å². The fraction of sp³-hybridized carbons (Fsp3) is 0.600. The number of phenols is 2. The molecule has 0 spiro atoms. The van der Waals surface area contributed by atoms with Crippen molar-refractivity contribution in [3.8, 4) is 17.2 Å². The third kappa shape index (κ3) is 3.24. The zero-order valence-corrected chi connectivity index (χ0v) is 13.8. The van der Waals surface area contributed by atoms with Crippen molar-refractivity contribution in [3.05, 3.63) is 18.2 Å². The Morgan fingerprint density at radius 1 is 0.789 bits per heavy atom. The molecule has 1 rings (SSSR count). The molecular formula is C15H26O3Si. The van der Waals surface area contributed by atoms with Gasteiger partial charge in [0.2, 0.25) is 0 Å². The van der Waals surface area contributed by atoms with Gasteiger partial charge in [0.05, 0.1) is 0 Å². The lowest BCUT2D eigenvalue weighted by Gasteiger charge is -2.42. The maximum Gasteiger partial charge on any atom is 0.258 e. The van der Waals surface area contributed by atoms with Crippen LogP contribution in [0.5, 0.6) is 17.2 Å². The van der Waals surface area contributed by atoms with Gasteiger partial charge in [0, 0.05) is 18.2 Å². The number of phenolic OH excluding ortho intramolecular Hbond substituents is 2. The van der Waals surface area contributed by atoms with Gasteiger partial charge in [0.25, 0.3) is 8.32 Å². The maximum absolute atomic E-state index is 9.58. The fourth-order valence-corrected chi connectivity index (χ4v) is 8.42. The van der Waals surface area contributed by atoms with Crippen LogP contribution in [0.1, 0.15) is 41.5 Å². The van der Waals surface area contributed by atoms with E-state index in [2.05, 4.69) is 41.5 Å². The van der Waals surface area contributed by atoms with E-state index in [1.54, 1.807) is 12.1 Å². The predicted molar refractivity (Wildman–Crippen MR) is 81.4 cm³/mol. The summed E-state index contributed by atoms with van der Waals surface area (Å²) in [5.74, 6) is 0.642. The molecule has 0 fully saturated rings. The first-order valence-electron chi connectivity index (χ1n) is 6.92. The summed E-state index contributed by atoms with van der Waals surface area (Å²) in [5, 5.41) is 19.2. The second kappa shape index (κ2) is 5.86. The molecule has 19 heavy (non-hydrogen) atoms. The Morgan fingerprint density at radius 3 is 1.47 bits per heavy atom. The molecule has 0 amide bonds. The molecule has 0 heterocycles. The van der Waals surface area contributed by atoms with Gasteiger partial charge in [-0.05, 0) is 16.6 Å². The van der Waals surface area contributed by atoms with Crippen LogP contribution in [0.15, 0.2) is 18.2 Å². The second-order valence-corrected chi connectivity index (χ2v) is 11.5. The molecule has 0 radical (unpaired) electrons. The van der Waals surface area contributed by atoms with Crippen LogP contribution in [0, 0.1) is 0 Å². The molecule has 4 heteroatoms. The summed E-state index contributed by atoms with van der Waals surface area (Å²) in [7, 11) is -2.04. The van der Waals surface area contributed by atoms with Gasteiger partial charge in [0.15, 0.2) is 0 Å². The van der Waals surface area contributed by atoms with Gasteiger partial charge in [0.1, 0.15) is 17.2 Å². The monoisotopic (exact) mass is 282 g/mol. The van der Waals surface area contributed by atoms with Crippen LogP contribution >= 0.6 is 0 Å². The van der Waals surface area contributed by atoms with Gasteiger partial charge in [-0.1, -0.05) is 41.5 Å². The van der Waals surface area contributed by atoms with Crippen LogP contribution in [0.4, 0.5) is 0 Å². The Balaban J connectivity index is 3.20. The SMILES string of the molecule is CC(C)[Si](Oc1cc(O)cc(O)c1)(C(C)C)C(C)C. The third-order valence-electron chi connectivity index (χ3n) is 3.88. The first kappa shape index (κ1) is 15.9. The van der Waals surface area contributed by atoms with Crippen LogP contribution < -0.4 is 4.43 Å². The summed E-state index contributed by atoms with van der Waals surface area (Å²) < 4.78 is 6.37. The molecule has 0 unspecified atom stereocenters. The molecule has 0 aliphatic rings. The van der Waals surface area contributed by atoms with Crippen molar-refractivity contribution in [1.82, 2.24) is 0 Å². The molecular weight excluding hydrogens is 256 g/mol. The van der Waals surface area contributed by atoms with Gasteiger partial charge in [-0.15, -0.1) is 0 Å². The second-order valence-electron chi connectivity index (χ2n) is 6.10. The topological polar surface area (TPSA) is 49.7 Å². The highest BCUT2D eigenvalue weighted by molar-refractivity contribution is 6.78. The number of aromatic hydroxyl groups is 2. The van der Waals surface area contributed by atoms with Gasteiger partial charge in [-0.25, -0.2) is 0 Å². The van der Waals surface area contributed by atoms with Gasteiger partial charge in [-0.3, -0.25) is 0 Å². The zero-order valence-electron chi connectivity index (χ0n) is 12.8. The highest BCUT2D eigenvalue weighted by atomic mass is 28.4. The van der Waals surface area contributed by atoms with E-state index in [0.717, 1.165) is 0 Å². The molecule has 0 aliphatic heterocycles. The smallest absolute Gasteiger partial charge is 0.258 e. The summed E-state index contributed by atoms with van der Waals surface area (Å²) in [6.45, 7) is 13.2. The van der Waals surface area contributed by atoms with E-state index >= 15 is 0 Å². The molecule has 0 saturated carbocycles. The molecule has 0 aromatic heterocycles. The summed E-state index contributed by atoms with van der Waals surface area (Å²) >= 11 is 0. The maximum atomic E-state index is 9.58. The predicted octanol–water partition coefficient (Wildman–Crippen LogP) is 4.65. The van der Waals surface area contributed by atoms with Gasteiger partial charge < -0.3 is 14.6 Å². The van der Waals surface area contributed by atoms with Crippen LogP contribution in [0.2, 0.25) is 16.6 Å². The standard InChI is InChI=1S/C15H26O3Si/c1-10(2)19(11(3)4,12(5)6)18-15-8-13(16)7-14(17)9-15/h7-12,16-17H,1-6H3. The molecule has 108 valence electrons. The molecule has 2 N–H and O–H groups in total. The molecule has 0 atom stereocenters. The number of rotatable bonds is 5. The van der Waals surface area contributed by atoms with Crippen LogP contribution in [-0.4, -0.2) is 18.5 Å². The van der Waals surface area contributed by atoms with Crippen LogP contribution in [0.25, 0.3) is 0 Å². The minimum Gasteiger partial charge on any atom is -0.543 e. The van der Waals surface area contributed by atoms with Crippen molar-refractivity contribution >= 4 is 8.32 Å². The minimum atomic E-state index is -2.04. The Labute approximate surface area is 117 Å². The van der Waals surface area contributed by atoms with Crippen molar-refractivity contribution in [1.29, 1.82) is 0 Å². The first-order valence-corrected chi connectivity index (χ1v) is 9.06. The highest BCUT2D eigenvalue weighted by Crippen LogP contribution is 2.43. The number of benzene rings is 1. The Kier molecular flexibility index (Phi) is 4.90. The van der Waals surface area contributed by atoms with Gasteiger partial charge in [-0.2, -0.15) is 0 Å². The third-order valence-corrected chi connectivity index (χ3v) is 9.88. The average Bonchev–Trinajstić information content (AvgIpc) is 2.22. The van der Waals surface area contributed by atoms with E-state index in [9.17, 15) is 10.2 Å². The molecule has 3 nitrogen and oxygen atoms in total. The fourth-order valence-electron chi connectivity index (χ4n) is 3.18. The molecule has 1 aromatic carbocycles. The summed E-state index contributed by atoms with van der Waals surface area (Å²) in [6.07, 6.45) is 0. The summed E-state index contributed by atoms with van der Waals surface area (Å²) in [5.41, 5.74) is 1.37. The Bertz CT molecular complexity index is 385. The van der Waals surface area contributed by atoms with Crippen molar-refractivity contribution in [3.63, 3.8) is 0 Å². The molecule has 0 bridgehead atoms. The lowest BCUT2D eigenvalue weighted by molar-refractivity contribution is 0.433. The van der Waals surface area contributed by atoms with E-state index < -0.39 is 8.32 Å². The van der Waals surface area contributed by atoms with Crippen molar-refractivity contribution < 1.29 is 14.6 Å². The highest BCUT2D eigenvalue weighted by Gasteiger charge is 2.47. The van der Waals surface area contributed by atoms with Crippen LogP contribution in [-0.2, 0) is 0 Å². The van der Waals surface area contributed by atoms with Crippen molar-refractivity contribution in [2.75, 3.05) is 0 Å². The largest absolute Gasteiger partial charge is 0.543 e. The van der Waals surface area contributed by atoms with Gasteiger partial charge >= 0.3 is 0 Å². The van der Waals surface area contributed by atoms with E-state index in [4.69, 9.17) is 4.43 Å². The number of hydrogen-bond acceptors (Lipinski definition) is 3. The van der Waals surface area contributed by atoms with Crippen LogP contribution in [0.3, 0.4) is 0 Å². The molecule has 0 saturated heterocycles. The van der Waals surface area contributed by atoms with E-state index in [0.29, 0.717) is 22.4 Å². The normalized spacial score (nSPS) is 12.5. The van der Waals surface area contributed by atoms with E-state index in [1.165, 1.54) is 6.07 Å². The molecule has 0 aliphatic carbocycles. The zero-order chi connectivity index (χ0) is 14.8. The quantitative estimate of drug-likeness (QED) is 0.773. The lowest BCUT2D eigenvalue weighted by atomic mass is 10.3. The Hall–Kier alpha value is -1.16. The minimum absolute atomic E-state index is 0.0363. The number of hydrogen-bond donors (Lipinski definition) is 2. The average molecular weight is 282 g/mol. The molecule has 1 aromatic rings. The summed E-state index contributed by atoms with van der Waals surface area (Å²) in [6, 6.07) is 4.47. The van der Waals surface area contributed by atoms with E-state index in [-0.39, 0.29) is 11.5 Å². The van der Waals surface area contributed by atoms with Crippen molar-refractivity contribution in [2.45, 2.75) is 58.2 Å². The first-order chi connectivity index (χ1) is 8.70. The Morgan fingerprint density at radius 2 is 1.16 bits per heavy atom.